The molecule has 2 aromatic carbocycles. The van der Waals surface area contributed by atoms with Crippen molar-refractivity contribution in [2.75, 3.05) is 5.32 Å². The number of benzene rings is 2. The molecule has 27 heavy (non-hydrogen) atoms. The molecule has 2 heterocycles. The monoisotopic (exact) mass is 508 g/mol. The molecule has 2 aromatic heterocycles. The molecule has 0 radical (unpaired) electrons. The normalized spacial score (nSPS) is 11.0. The second-order valence-electron chi connectivity index (χ2n) is 6.04. The summed E-state index contributed by atoms with van der Waals surface area (Å²) in [4.78, 5) is 13.0. The minimum atomic E-state index is -0.246. The maximum absolute atomic E-state index is 12.5. The Morgan fingerprint density at radius 2 is 2.00 bits per heavy atom. The maximum atomic E-state index is 12.5. The molecule has 7 heteroatoms. The van der Waals surface area contributed by atoms with Gasteiger partial charge < -0.3 is 15.0 Å². The number of fused-ring (bicyclic) bond motifs is 1. The predicted molar refractivity (Wildman–Crippen MR) is 119 cm³/mol. The number of carbonyl (C=O) groups is 1. The highest BCUT2D eigenvalue weighted by Gasteiger charge is 2.16. The number of thiophene rings is 1. The van der Waals surface area contributed by atoms with E-state index in [9.17, 15) is 9.90 Å². The Labute approximate surface area is 178 Å². The van der Waals surface area contributed by atoms with E-state index in [0.717, 1.165) is 14.5 Å². The van der Waals surface area contributed by atoms with E-state index in [4.69, 9.17) is 11.6 Å². The number of nitrogens with one attached hydrogen (secondary N) is 1. The number of halogens is 2. The molecule has 4 rings (SSSR count). The SMILES string of the molecule is O=C(Nc1cccc2cn(Cc3cccc(I)c3)c(O)c12)c1ccc(Cl)s1. The van der Waals surface area contributed by atoms with Gasteiger partial charge in [-0.15, -0.1) is 11.3 Å². The van der Waals surface area contributed by atoms with Gasteiger partial charge in [-0.25, -0.2) is 0 Å². The van der Waals surface area contributed by atoms with Crippen molar-refractivity contribution in [3.05, 3.63) is 79.1 Å². The molecule has 0 unspecified atom stereocenters. The Kier molecular flexibility index (Phi) is 5.12. The summed E-state index contributed by atoms with van der Waals surface area (Å²) in [6.07, 6.45) is 1.89. The van der Waals surface area contributed by atoms with Gasteiger partial charge in [0.15, 0.2) is 0 Å². The highest BCUT2D eigenvalue weighted by atomic mass is 127. The summed E-state index contributed by atoms with van der Waals surface area (Å²) in [6, 6.07) is 17.1. The average Bonchev–Trinajstić information content (AvgIpc) is 3.20. The Bertz CT molecular complexity index is 1150. The number of anilines is 1. The lowest BCUT2D eigenvalue weighted by Crippen LogP contribution is -2.10. The van der Waals surface area contributed by atoms with Gasteiger partial charge in [-0.2, -0.15) is 0 Å². The Balaban J connectivity index is 1.68. The molecule has 0 atom stereocenters. The highest BCUT2D eigenvalue weighted by molar-refractivity contribution is 14.1. The fraction of sp³-hybridized carbons (Fsp3) is 0.0500. The van der Waals surface area contributed by atoms with Crippen LogP contribution >= 0.6 is 45.5 Å². The number of carbonyl (C=O) groups excluding carboxylic acids is 1. The van der Waals surface area contributed by atoms with Crippen molar-refractivity contribution < 1.29 is 9.90 Å². The molecule has 0 saturated carbocycles. The van der Waals surface area contributed by atoms with Crippen molar-refractivity contribution in [2.24, 2.45) is 0 Å². The van der Waals surface area contributed by atoms with Crippen LogP contribution in [-0.2, 0) is 6.54 Å². The van der Waals surface area contributed by atoms with Crippen LogP contribution in [0.15, 0.2) is 60.8 Å². The molecule has 0 bridgehead atoms. The maximum Gasteiger partial charge on any atom is 0.265 e. The van der Waals surface area contributed by atoms with Gasteiger partial charge in [0.2, 0.25) is 5.88 Å². The molecule has 0 aliphatic rings. The number of aromatic hydroxyl groups is 1. The second kappa shape index (κ2) is 7.53. The summed E-state index contributed by atoms with van der Waals surface area (Å²) in [7, 11) is 0. The van der Waals surface area contributed by atoms with Crippen molar-refractivity contribution in [1.29, 1.82) is 0 Å². The van der Waals surface area contributed by atoms with Crippen LogP contribution in [0, 0.1) is 3.57 Å². The van der Waals surface area contributed by atoms with Crippen LogP contribution in [0.2, 0.25) is 4.34 Å². The topological polar surface area (TPSA) is 54.3 Å². The standard InChI is InChI=1S/C20H14ClIN2O2S/c21-17-8-7-16(27-17)19(25)23-15-6-2-4-13-11-24(20(26)18(13)15)10-12-3-1-5-14(22)9-12/h1-9,11,26H,10H2,(H,23,25). The van der Waals surface area contributed by atoms with Gasteiger partial charge in [-0.05, 0) is 58.5 Å². The van der Waals surface area contributed by atoms with Gasteiger partial charge in [0.1, 0.15) is 0 Å². The summed E-state index contributed by atoms with van der Waals surface area (Å²) in [5.41, 5.74) is 1.66. The van der Waals surface area contributed by atoms with E-state index in [1.165, 1.54) is 11.3 Å². The lowest BCUT2D eigenvalue weighted by molar-refractivity contribution is 0.103. The number of amides is 1. The van der Waals surface area contributed by atoms with Crippen LogP contribution in [0.3, 0.4) is 0 Å². The number of aromatic nitrogens is 1. The Morgan fingerprint density at radius 3 is 2.74 bits per heavy atom. The van der Waals surface area contributed by atoms with Crippen LogP contribution in [-0.4, -0.2) is 15.6 Å². The second-order valence-corrected chi connectivity index (χ2v) is 9.00. The largest absolute Gasteiger partial charge is 0.494 e. The van der Waals surface area contributed by atoms with Gasteiger partial charge in [0.25, 0.3) is 5.91 Å². The summed E-state index contributed by atoms with van der Waals surface area (Å²) in [5, 5.41) is 15.1. The molecule has 0 aliphatic heterocycles. The number of hydrogen-bond donors (Lipinski definition) is 2. The van der Waals surface area contributed by atoms with E-state index >= 15 is 0 Å². The van der Waals surface area contributed by atoms with E-state index in [-0.39, 0.29) is 11.8 Å². The zero-order valence-electron chi connectivity index (χ0n) is 13.9. The Hall–Kier alpha value is -2.03. The van der Waals surface area contributed by atoms with Crippen molar-refractivity contribution in [2.45, 2.75) is 6.54 Å². The fourth-order valence-corrected chi connectivity index (χ4v) is 4.52. The molecular weight excluding hydrogens is 495 g/mol. The third-order valence-electron chi connectivity index (χ3n) is 4.17. The molecule has 0 fully saturated rings. The van der Waals surface area contributed by atoms with Crippen molar-refractivity contribution in [3.63, 3.8) is 0 Å². The molecule has 4 nitrogen and oxygen atoms in total. The van der Waals surface area contributed by atoms with Crippen molar-refractivity contribution in [1.82, 2.24) is 4.57 Å². The average molecular weight is 509 g/mol. The van der Waals surface area contributed by atoms with E-state index in [1.54, 1.807) is 22.8 Å². The zero-order chi connectivity index (χ0) is 19.0. The third-order valence-corrected chi connectivity index (χ3v) is 6.08. The van der Waals surface area contributed by atoms with Gasteiger partial charge >= 0.3 is 0 Å². The first kappa shape index (κ1) is 18.3. The van der Waals surface area contributed by atoms with E-state index in [2.05, 4.69) is 34.0 Å². The predicted octanol–water partition coefficient (Wildman–Crippen LogP) is 5.97. The minimum Gasteiger partial charge on any atom is -0.494 e. The van der Waals surface area contributed by atoms with E-state index in [1.807, 2.05) is 36.5 Å². The van der Waals surface area contributed by atoms with Crippen LogP contribution < -0.4 is 5.32 Å². The third kappa shape index (κ3) is 3.83. The fourth-order valence-electron chi connectivity index (χ4n) is 2.98. The van der Waals surface area contributed by atoms with Crippen LogP contribution in [0.1, 0.15) is 15.2 Å². The van der Waals surface area contributed by atoms with Gasteiger partial charge in [-0.1, -0.05) is 35.9 Å². The molecule has 4 aromatic rings. The van der Waals surface area contributed by atoms with Crippen LogP contribution in [0.5, 0.6) is 5.88 Å². The van der Waals surface area contributed by atoms with Crippen LogP contribution in [0.25, 0.3) is 10.8 Å². The summed E-state index contributed by atoms with van der Waals surface area (Å²) in [6.45, 7) is 0.547. The minimum absolute atomic E-state index is 0.129. The lowest BCUT2D eigenvalue weighted by Gasteiger charge is -2.08. The number of rotatable bonds is 4. The highest BCUT2D eigenvalue weighted by Crippen LogP contribution is 2.35. The van der Waals surface area contributed by atoms with Crippen LogP contribution in [0.4, 0.5) is 5.69 Å². The van der Waals surface area contributed by atoms with Crippen molar-refractivity contribution >= 4 is 67.9 Å². The summed E-state index contributed by atoms with van der Waals surface area (Å²) >= 11 is 9.40. The quantitative estimate of drug-likeness (QED) is 0.334. The lowest BCUT2D eigenvalue weighted by atomic mass is 10.2. The molecule has 136 valence electrons. The first-order valence-corrected chi connectivity index (χ1v) is 10.4. The van der Waals surface area contributed by atoms with E-state index in [0.29, 0.717) is 26.8 Å². The van der Waals surface area contributed by atoms with Gasteiger partial charge in [0, 0.05) is 15.2 Å². The Morgan fingerprint density at radius 1 is 1.19 bits per heavy atom. The number of hydrogen-bond acceptors (Lipinski definition) is 3. The van der Waals surface area contributed by atoms with Crippen molar-refractivity contribution in [3.8, 4) is 5.88 Å². The summed E-state index contributed by atoms with van der Waals surface area (Å²) in [5.74, 6) is -0.117. The molecule has 0 spiro atoms. The molecule has 0 aliphatic carbocycles. The molecular formula is C20H14ClIN2O2S. The first-order chi connectivity index (χ1) is 13.0. The molecule has 0 saturated heterocycles. The first-order valence-electron chi connectivity index (χ1n) is 8.13. The zero-order valence-corrected chi connectivity index (χ0v) is 17.7. The molecule has 2 N–H and O–H groups in total. The van der Waals surface area contributed by atoms with E-state index < -0.39 is 0 Å². The molecule has 1 amide bonds. The smallest absolute Gasteiger partial charge is 0.265 e. The van der Waals surface area contributed by atoms with Gasteiger partial charge in [0.05, 0.1) is 26.8 Å². The summed E-state index contributed by atoms with van der Waals surface area (Å²) < 4.78 is 3.49. The number of nitrogens with zero attached hydrogens (tertiary/aromatic N) is 1. The van der Waals surface area contributed by atoms with Gasteiger partial charge in [-0.3, -0.25) is 4.79 Å².